The van der Waals surface area contributed by atoms with Crippen molar-refractivity contribution in [1.29, 1.82) is 0 Å². The molecule has 2 aromatic carbocycles. The Kier molecular flexibility index (Phi) is 3.82. The molecule has 19 heavy (non-hydrogen) atoms. The second-order valence-electron chi connectivity index (χ2n) is 3.81. The number of halogens is 1. The number of carboxylic acid groups (broad SMARTS) is 1. The van der Waals surface area contributed by atoms with Crippen LogP contribution < -0.4 is 0 Å². The first-order valence-corrected chi connectivity index (χ1v) is 5.80. The molecule has 0 bridgehead atoms. The van der Waals surface area contributed by atoms with Gasteiger partial charge in [0.2, 0.25) is 0 Å². The number of hydrogen-bond acceptors (Lipinski definition) is 3. The summed E-state index contributed by atoms with van der Waals surface area (Å²) in [6.45, 7) is 0. The van der Waals surface area contributed by atoms with Crippen molar-refractivity contribution in [2.75, 3.05) is 0 Å². The molecule has 2 rings (SSSR count). The van der Waals surface area contributed by atoms with Crippen molar-refractivity contribution in [3.05, 3.63) is 58.6 Å². The molecule has 2 aromatic rings. The molecule has 96 valence electrons. The van der Waals surface area contributed by atoms with Gasteiger partial charge in [-0.1, -0.05) is 11.6 Å². The molecule has 0 aromatic heterocycles. The molecule has 0 atom stereocenters. The topological polar surface area (TPSA) is 69.9 Å². The van der Waals surface area contributed by atoms with Crippen LogP contribution in [0, 0.1) is 0 Å². The third-order valence-electron chi connectivity index (χ3n) is 2.46. The molecule has 0 saturated heterocycles. The van der Waals surface area contributed by atoms with E-state index in [0.717, 1.165) is 0 Å². The van der Waals surface area contributed by atoms with Gasteiger partial charge in [-0.05, 0) is 42.5 Å². The minimum atomic E-state index is -0.983. The Morgan fingerprint density at radius 3 is 2.47 bits per heavy atom. The van der Waals surface area contributed by atoms with E-state index >= 15 is 0 Å². The number of aliphatic imine (C=N–C) groups is 1. The standard InChI is InChI=1S/C14H10ClNO3/c15-11-3-6-13(17)10(7-11)8-16-12-4-1-9(2-5-12)14(18)19/h1-8,17H,(H,18,19)/b16-8+. The molecule has 0 heterocycles. The van der Waals surface area contributed by atoms with E-state index in [2.05, 4.69) is 4.99 Å². The van der Waals surface area contributed by atoms with Crippen LogP contribution >= 0.6 is 11.6 Å². The zero-order valence-corrected chi connectivity index (χ0v) is 10.5. The van der Waals surface area contributed by atoms with Gasteiger partial charge in [-0.3, -0.25) is 4.99 Å². The Morgan fingerprint density at radius 1 is 1.16 bits per heavy atom. The van der Waals surface area contributed by atoms with E-state index in [1.165, 1.54) is 24.4 Å². The summed E-state index contributed by atoms with van der Waals surface area (Å²) in [6.07, 6.45) is 1.47. The number of benzene rings is 2. The van der Waals surface area contributed by atoms with Crippen molar-refractivity contribution in [3.63, 3.8) is 0 Å². The molecular formula is C14H10ClNO3. The Morgan fingerprint density at radius 2 is 1.84 bits per heavy atom. The first-order chi connectivity index (χ1) is 9.06. The highest BCUT2D eigenvalue weighted by Crippen LogP contribution is 2.21. The van der Waals surface area contributed by atoms with E-state index in [4.69, 9.17) is 16.7 Å². The summed E-state index contributed by atoms with van der Waals surface area (Å²) in [6, 6.07) is 10.8. The van der Waals surface area contributed by atoms with Crippen molar-refractivity contribution in [2.45, 2.75) is 0 Å². The first kappa shape index (κ1) is 13.1. The SMILES string of the molecule is O=C(O)c1ccc(/N=C/c2cc(Cl)ccc2O)cc1. The third-order valence-corrected chi connectivity index (χ3v) is 2.69. The molecule has 0 fully saturated rings. The summed E-state index contributed by atoms with van der Waals surface area (Å²) >= 11 is 5.82. The lowest BCUT2D eigenvalue weighted by molar-refractivity contribution is 0.0697. The first-order valence-electron chi connectivity index (χ1n) is 5.42. The van der Waals surface area contributed by atoms with Crippen LogP contribution in [-0.4, -0.2) is 22.4 Å². The van der Waals surface area contributed by atoms with E-state index in [0.29, 0.717) is 16.3 Å². The zero-order chi connectivity index (χ0) is 13.8. The highest BCUT2D eigenvalue weighted by molar-refractivity contribution is 6.30. The maximum atomic E-state index is 10.7. The highest BCUT2D eigenvalue weighted by Gasteiger charge is 2.01. The van der Waals surface area contributed by atoms with Gasteiger partial charge in [0, 0.05) is 16.8 Å². The molecule has 4 nitrogen and oxygen atoms in total. The van der Waals surface area contributed by atoms with E-state index < -0.39 is 5.97 Å². The van der Waals surface area contributed by atoms with Gasteiger partial charge < -0.3 is 10.2 Å². The monoisotopic (exact) mass is 275 g/mol. The molecule has 0 saturated carbocycles. The predicted octanol–water partition coefficient (Wildman–Crippen LogP) is 3.49. The van der Waals surface area contributed by atoms with Gasteiger partial charge in [-0.15, -0.1) is 0 Å². The Labute approximate surface area is 114 Å². The van der Waals surface area contributed by atoms with Crippen molar-refractivity contribution in [2.24, 2.45) is 4.99 Å². The van der Waals surface area contributed by atoms with Crippen LogP contribution in [0.3, 0.4) is 0 Å². The van der Waals surface area contributed by atoms with Gasteiger partial charge in [0.1, 0.15) is 5.75 Å². The number of nitrogens with zero attached hydrogens (tertiary/aromatic N) is 1. The summed E-state index contributed by atoms with van der Waals surface area (Å²) in [5.41, 5.74) is 1.28. The van der Waals surface area contributed by atoms with Crippen LogP contribution in [0.25, 0.3) is 0 Å². The summed E-state index contributed by atoms with van der Waals surface area (Å²) in [5.74, 6) is -0.904. The number of phenols is 1. The quantitative estimate of drug-likeness (QED) is 0.842. The van der Waals surface area contributed by atoms with Gasteiger partial charge in [-0.2, -0.15) is 0 Å². The lowest BCUT2D eigenvalue weighted by Gasteiger charge is -1.99. The van der Waals surface area contributed by atoms with Gasteiger partial charge in [0.05, 0.1) is 11.3 Å². The summed E-state index contributed by atoms with van der Waals surface area (Å²) in [4.78, 5) is 14.8. The fourth-order valence-corrected chi connectivity index (χ4v) is 1.64. The molecular weight excluding hydrogens is 266 g/mol. The lowest BCUT2D eigenvalue weighted by Crippen LogP contribution is -1.94. The van der Waals surface area contributed by atoms with Crippen LogP contribution in [0.2, 0.25) is 5.02 Å². The average Bonchev–Trinajstić information content (AvgIpc) is 2.40. The Bertz CT molecular complexity index is 636. The molecule has 0 aliphatic carbocycles. The fraction of sp³-hybridized carbons (Fsp3) is 0. The van der Waals surface area contributed by atoms with E-state index in [9.17, 15) is 9.90 Å². The molecule has 0 radical (unpaired) electrons. The van der Waals surface area contributed by atoms with Crippen LogP contribution in [0.4, 0.5) is 5.69 Å². The largest absolute Gasteiger partial charge is 0.507 e. The molecule has 0 spiro atoms. The normalized spacial score (nSPS) is 10.8. The van der Waals surface area contributed by atoms with Gasteiger partial charge in [0.25, 0.3) is 0 Å². The maximum absolute atomic E-state index is 10.7. The minimum Gasteiger partial charge on any atom is -0.507 e. The number of rotatable bonds is 3. The van der Waals surface area contributed by atoms with Gasteiger partial charge >= 0.3 is 5.97 Å². The summed E-state index contributed by atoms with van der Waals surface area (Å²) < 4.78 is 0. The van der Waals surface area contributed by atoms with Crippen LogP contribution in [0.1, 0.15) is 15.9 Å². The molecule has 0 amide bonds. The molecule has 5 heteroatoms. The summed E-state index contributed by atoms with van der Waals surface area (Å²) in [7, 11) is 0. The summed E-state index contributed by atoms with van der Waals surface area (Å²) in [5, 5.41) is 18.9. The van der Waals surface area contributed by atoms with E-state index in [1.54, 1.807) is 24.3 Å². The highest BCUT2D eigenvalue weighted by atomic mass is 35.5. The number of hydrogen-bond donors (Lipinski definition) is 2. The molecule has 0 aliphatic heterocycles. The molecule has 0 aliphatic rings. The molecule has 0 unspecified atom stereocenters. The number of carbonyl (C=O) groups is 1. The van der Waals surface area contributed by atoms with E-state index in [1.807, 2.05) is 0 Å². The molecule has 2 N–H and O–H groups in total. The minimum absolute atomic E-state index is 0.0790. The number of aromatic hydroxyl groups is 1. The van der Waals surface area contributed by atoms with E-state index in [-0.39, 0.29) is 11.3 Å². The Balaban J connectivity index is 2.22. The van der Waals surface area contributed by atoms with Crippen molar-refractivity contribution < 1.29 is 15.0 Å². The lowest BCUT2D eigenvalue weighted by atomic mass is 10.2. The smallest absolute Gasteiger partial charge is 0.335 e. The van der Waals surface area contributed by atoms with Gasteiger partial charge in [0.15, 0.2) is 0 Å². The maximum Gasteiger partial charge on any atom is 0.335 e. The predicted molar refractivity (Wildman–Crippen MR) is 73.8 cm³/mol. The fourth-order valence-electron chi connectivity index (χ4n) is 1.46. The third kappa shape index (κ3) is 3.33. The van der Waals surface area contributed by atoms with Crippen LogP contribution in [-0.2, 0) is 0 Å². The average molecular weight is 276 g/mol. The number of phenolic OH excluding ortho intramolecular Hbond substituents is 1. The van der Waals surface area contributed by atoms with Gasteiger partial charge in [-0.25, -0.2) is 4.79 Å². The second kappa shape index (κ2) is 5.54. The van der Waals surface area contributed by atoms with Crippen LogP contribution in [0.5, 0.6) is 5.75 Å². The van der Waals surface area contributed by atoms with Crippen molar-refractivity contribution in [3.8, 4) is 5.75 Å². The zero-order valence-electron chi connectivity index (χ0n) is 9.75. The van der Waals surface area contributed by atoms with Crippen molar-refractivity contribution >= 4 is 29.5 Å². The number of aromatic carboxylic acids is 1. The Hall–Kier alpha value is -2.33. The number of carboxylic acids is 1. The van der Waals surface area contributed by atoms with Crippen LogP contribution in [0.15, 0.2) is 47.5 Å². The van der Waals surface area contributed by atoms with Crippen molar-refractivity contribution in [1.82, 2.24) is 0 Å². The second-order valence-corrected chi connectivity index (χ2v) is 4.25.